The van der Waals surface area contributed by atoms with Crippen LogP contribution in [0.1, 0.15) is 42.8 Å². The highest BCUT2D eigenvalue weighted by molar-refractivity contribution is 5.80. The van der Waals surface area contributed by atoms with E-state index in [2.05, 4.69) is 20.5 Å². The first kappa shape index (κ1) is 26.9. The van der Waals surface area contributed by atoms with Crippen LogP contribution in [-0.4, -0.2) is 101 Å². The molecular formula is C22H33N5O8. The number of hydrogen-bond donors (Lipinski definition) is 6. The van der Waals surface area contributed by atoms with Crippen LogP contribution in [0.2, 0.25) is 0 Å². The summed E-state index contributed by atoms with van der Waals surface area (Å²) in [5.74, 6) is -0.0397. The third kappa shape index (κ3) is 7.65. The van der Waals surface area contributed by atoms with E-state index < -0.39 is 37.3 Å². The molecule has 13 heteroatoms. The first-order chi connectivity index (χ1) is 16.9. The van der Waals surface area contributed by atoms with Gasteiger partial charge in [0, 0.05) is 25.0 Å². The summed E-state index contributed by atoms with van der Waals surface area (Å²) in [4.78, 5) is 4.25. The van der Waals surface area contributed by atoms with Crippen LogP contribution in [-0.2, 0) is 28.9 Å². The Morgan fingerprint density at radius 3 is 2.57 bits per heavy atom. The lowest BCUT2D eigenvalue weighted by Gasteiger charge is -2.39. The van der Waals surface area contributed by atoms with Crippen LogP contribution in [0.15, 0.2) is 23.5 Å². The van der Waals surface area contributed by atoms with E-state index in [9.17, 15) is 25.5 Å². The van der Waals surface area contributed by atoms with Gasteiger partial charge in [0.15, 0.2) is 6.29 Å². The number of rotatable bonds is 13. The summed E-state index contributed by atoms with van der Waals surface area (Å²) < 4.78 is 12.6. The first-order valence-electron chi connectivity index (χ1n) is 11.6. The molecule has 194 valence electrons. The second-order valence-corrected chi connectivity index (χ2v) is 8.41. The van der Waals surface area contributed by atoms with Crippen LogP contribution < -0.4 is 0 Å². The third-order valence-corrected chi connectivity index (χ3v) is 5.75. The number of hydrogen-bond acceptors (Lipinski definition) is 12. The SMILES string of the molecule is OC[C@H]1O[C@@H](OCCCCc2cn(CCCCc3ccc(O)c(/C=N\O)n3)nn2)[C@H](O)[C@@H](O)[C@@H]1O. The molecule has 1 fully saturated rings. The Morgan fingerprint density at radius 2 is 1.80 bits per heavy atom. The molecule has 2 aromatic rings. The lowest BCUT2D eigenvalue weighted by Crippen LogP contribution is -2.59. The number of aromatic nitrogens is 4. The van der Waals surface area contributed by atoms with Crippen molar-refractivity contribution in [3.05, 3.63) is 35.4 Å². The number of nitrogens with zero attached hydrogens (tertiary/aromatic N) is 5. The first-order valence-corrected chi connectivity index (χ1v) is 11.6. The number of ether oxygens (including phenoxy) is 2. The van der Waals surface area contributed by atoms with Crippen molar-refractivity contribution < 1.29 is 40.2 Å². The number of oxime groups is 1. The maximum atomic E-state index is 9.97. The highest BCUT2D eigenvalue weighted by atomic mass is 16.7. The van der Waals surface area contributed by atoms with Crippen molar-refractivity contribution >= 4 is 6.21 Å². The summed E-state index contributed by atoms with van der Waals surface area (Å²) in [6.07, 6.45) is 1.21. The van der Waals surface area contributed by atoms with E-state index in [1.54, 1.807) is 10.7 Å². The summed E-state index contributed by atoms with van der Waals surface area (Å²) in [5, 5.41) is 68.2. The largest absolute Gasteiger partial charge is 0.506 e. The van der Waals surface area contributed by atoms with Crippen molar-refractivity contribution in [3.8, 4) is 5.75 Å². The number of aryl methyl sites for hydroxylation is 3. The highest BCUT2D eigenvalue weighted by Crippen LogP contribution is 2.22. The van der Waals surface area contributed by atoms with Gasteiger partial charge in [-0.15, -0.1) is 5.10 Å². The lowest BCUT2D eigenvalue weighted by atomic mass is 9.99. The Hall–Kier alpha value is -2.68. The highest BCUT2D eigenvalue weighted by Gasteiger charge is 2.43. The molecule has 6 N–H and O–H groups in total. The number of unbranched alkanes of at least 4 members (excludes halogenated alkanes) is 2. The minimum absolute atomic E-state index is 0.0397. The zero-order valence-corrected chi connectivity index (χ0v) is 19.3. The van der Waals surface area contributed by atoms with E-state index in [1.807, 2.05) is 6.20 Å². The number of aliphatic hydroxyl groups excluding tert-OH is 4. The summed E-state index contributed by atoms with van der Waals surface area (Å²) in [6, 6.07) is 3.26. The minimum Gasteiger partial charge on any atom is -0.506 e. The van der Waals surface area contributed by atoms with Crippen LogP contribution >= 0.6 is 0 Å². The molecule has 5 atom stereocenters. The maximum absolute atomic E-state index is 9.97. The van der Waals surface area contributed by atoms with Crippen molar-refractivity contribution in [2.24, 2.45) is 5.16 Å². The van der Waals surface area contributed by atoms with Gasteiger partial charge in [0.2, 0.25) is 0 Å². The predicted octanol–water partition coefficient (Wildman–Crippen LogP) is -0.651. The molecule has 0 amide bonds. The van der Waals surface area contributed by atoms with Crippen LogP contribution in [0, 0.1) is 0 Å². The maximum Gasteiger partial charge on any atom is 0.186 e. The molecule has 0 unspecified atom stereocenters. The summed E-state index contributed by atoms with van der Waals surface area (Å²) in [7, 11) is 0. The molecule has 13 nitrogen and oxygen atoms in total. The van der Waals surface area contributed by atoms with Crippen molar-refractivity contribution in [3.63, 3.8) is 0 Å². The van der Waals surface area contributed by atoms with Gasteiger partial charge in [0.25, 0.3) is 0 Å². The monoisotopic (exact) mass is 495 g/mol. The van der Waals surface area contributed by atoms with Crippen LogP contribution in [0.5, 0.6) is 5.75 Å². The van der Waals surface area contributed by atoms with Gasteiger partial charge in [-0.05, 0) is 50.7 Å². The van der Waals surface area contributed by atoms with Gasteiger partial charge in [0.05, 0.1) is 18.5 Å². The van der Waals surface area contributed by atoms with E-state index in [1.165, 1.54) is 6.07 Å². The topological polar surface area (TPSA) is 196 Å². The molecule has 3 rings (SSSR count). The molecule has 0 radical (unpaired) electrons. The fourth-order valence-corrected chi connectivity index (χ4v) is 3.75. The Morgan fingerprint density at radius 1 is 1.03 bits per heavy atom. The molecule has 0 aliphatic carbocycles. The van der Waals surface area contributed by atoms with Crippen molar-refractivity contribution in [2.45, 2.75) is 75.8 Å². The second-order valence-electron chi connectivity index (χ2n) is 8.41. The standard InChI is InChI=1S/C22H33N5O8/c28-13-18-19(30)20(31)21(32)22(35-18)34-10-4-2-6-15-12-27(26-25-15)9-3-1-5-14-7-8-17(29)16(24-14)11-23-33/h7-8,11-12,18-22,28-33H,1-6,9-10,13H2/b23-11-/t18-,19-,20+,21-,22-/m1/s1. The normalized spacial score (nSPS) is 24.9. The van der Waals surface area contributed by atoms with Gasteiger partial charge < -0.3 is 40.2 Å². The van der Waals surface area contributed by atoms with Gasteiger partial charge in [-0.1, -0.05) is 10.4 Å². The van der Waals surface area contributed by atoms with Gasteiger partial charge in [0.1, 0.15) is 35.9 Å². The average Bonchev–Trinajstić information content (AvgIpc) is 3.31. The Kier molecular flexibility index (Phi) is 10.3. The van der Waals surface area contributed by atoms with Crippen LogP contribution in [0.4, 0.5) is 0 Å². The van der Waals surface area contributed by atoms with E-state index >= 15 is 0 Å². The summed E-state index contributed by atoms with van der Waals surface area (Å²) in [5.41, 5.74) is 1.87. The summed E-state index contributed by atoms with van der Waals surface area (Å²) >= 11 is 0. The number of pyridine rings is 1. The van der Waals surface area contributed by atoms with Gasteiger partial charge in [-0.25, -0.2) is 4.98 Å². The fraction of sp³-hybridized carbons (Fsp3) is 0.636. The van der Waals surface area contributed by atoms with E-state index in [0.717, 1.165) is 36.9 Å². The van der Waals surface area contributed by atoms with Gasteiger partial charge >= 0.3 is 0 Å². The molecule has 0 aromatic carbocycles. The van der Waals surface area contributed by atoms with Crippen molar-refractivity contribution in [1.82, 2.24) is 20.0 Å². The Bertz CT molecular complexity index is 940. The van der Waals surface area contributed by atoms with E-state index in [-0.39, 0.29) is 18.1 Å². The average molecular weight is 496 g/mol. The lowest BCUT2D eigenvalue weighted by molar-refractivity contribution is -0.301. The second kappa shape index (κ2) is 13.4. The quantitative estimate of drug-likeness (QED) is 0.0894. The minimum atomic E-state index is -1.45. The van der Waals surface area contributed by atoms with Gasteiger partial charge in [-0.3, -0.25) is 4.68 Å². The van der Waals surface area contributed by atoms with E-state index in [4.69, 9.17) is 14.7 Å². The van der Waals surface area contributed by atoms with Crippen LogP contribution in [0.25, 0.3) is 0 Å². The molecule has 3 heterocycles. The number of aliphatic hydroxyl groups is 4. The molecule has 0 saturated carbocycles. The molecule has 35 heavy (non-hydrogen) atoms. The molecule has 1 aliphatic rings. The molecule has 1 aliphatic heterocycles. The third-order valence-electron chi connectivity index (χ3n) is 5.75. The van der Waals surface area contributed by atoms with Crippen molar-refractivity contribution in [1.29, 1.82) is 0 Å². The molecular weight excluding hydrogens is 462 g/mol. The molecule has 1 saturated heterocycles. The zero-order valence-electron chi connectivity index (χ0n) is 19.3. The van der Waals surface area contributed by atoms with E-state index in [0.29, 0.717) is 25.8 Å². The summed E-state index contributed by atoms with van der Waals surface area (Å²) in [6.45, 7) is 0.485. The molecule has 2 aromatic heterocycles. The number of aromatic hydroxyl groups is 1. The Balaban J connectivity index is 1.31. The van der Waals surface area contributed by atoms with Gasteiger partial charge in [-0.2, -0.15) is 0 Å². The molecule has 0 bridgehead atoms. The van der Waals surface area contributed by atoms with Crippen LogP contribution in [0.3, 0.4) is 0 Å². The molecule has 0 spiro atoms. The predicted molar refractivity (Wildman–Crippen MR) is 121 cm³/mol. The zero-order chi connectivity index (χ0) is 25.2. The van der Waals surface area contributed by atoms with Crippen molar-refractivity contribution in [2.75, 3.05) is 13.2 Å². The Labute approximate surface area is 202 Å². The smallest absolute Gasteiger partial charge is 0.186 e. The fourth-order valence-electron chi connectivity index (χ4n) is 3.75.